The zero-order valence-electron chi connectivity index (χ0n) is 10.5. The van der Waals surface area contributed by atoms with Crippen molar-refractivity contribution in [2.24, 2.45) is 5.16 Å². The molecule has 0 fully saturated rings. The SMILES string of the molecule is O=C(/C(=N/O)c1ccncc1)c1cccc(C(F)(F)F)c1. The first kappa shape index (κ1) is 14.7. The lowest BCUT2D eigenvalue weighted by atomic mass is 10.00. The number of oxime groups is 1. The Hall–Kier alpha value is -2.70. The lowest BCUT2D eigenvalue weighted by Crippen LogP contribution is -2.17. The highest BCUT2D eigenvalue weighted by atomic mass is 19.4. The lowest BCUT2D eigenvalue weighted by molar-refractivity contribution is -0.137. The molecular weight excluding hydrogens is 285 g/mol. The van der Waals surface area contributed by atoms with Gasteiger partial charge in [0.05, 0.1) is 5.56 Å². The molecule has 0 bridgehead atoms. The Kier molecular flexibility index (Phi) is 4.02. The first-order chi connectivity index (χ1) is 9.93. The van der Waals surface area contributed by atoms with E-state index in [9.17, 15) is 18.0 Å². The maximum absolute atomic E-state index is 12.6. The number of Topliss-reactive ketones (excluding diaryl/α,β-unsaturated/α-hetero) is 1. The van der Waals surface area contributed by atoms with Crippen molar-refractivity contribution in [2.75, 3.05) is 0 Å². The van der Waals surface area contributed by atoms with E-state index in [0.29, 0.717) is 6.07 Å². The number of benzene rings is 1. The highest BCUT2D eigenvalue weighted by Crippen LogP contribution is 2.29. The second-order valence-corrected chi connectivity index (χ2v) is 4.09. The molecule has 7 heteroatoms. The van der Waals surface area contributed by atoms with Gasteiger partial charge in [0.2, 0.25) is 5.78 Å². The van der Waals surface area contributed by atoms with E-state index in [1.165, 1.54) is 30.6 Å². The second kappa shape index (κ2) is 5.74. The third-order valence-electron chi connectivity index (χ3n) is 2.72. The molecule has 0 aliphatic heterocycles. The molecule has 0 aliphatic carbocycles. The number of ketones is 1. The largest absolute Gasteiger partial charge is 0.416 e. The molecule has 0 saturated carbocycles. The van der Waals surface area contributed by atoms with E-state index in [4.69, 9.17) is 5.21 Å². The van der Waals surface area contributed by atoms with Crippen molar-refractivity contribution in [3.05, 3.63) is 65.5 Å². The molecule has 0 saturated heterocycles. The smallest absolute Gasteiger partial charge is 0.410 e. The van der Waals surface area contributed by atoms with Gasteiger partial charge in [-0.3, -0.25) is 9.78 Å². The third kappa shape index (κ3) is 3.25. The molecule has 0 spiro atoms. The van der Waals surface area contributed by atoms with Gasteiger partial charge in [0.15, 0.2) is 5.71 Å². The van der Waals surface area contributed by atoms with Crippen LogP contribution in [0, 0.1) is 0 Å². The molecule has 0 atom stereocenters. The van der Waals surface area contributed by atoms with E-state index in [1.807, 2.05) is 0 Å². The number of alkyl halides is 3. The minimum absolute atomic E-state index is 0.213. The summed E-state index contributed by atoms with van der Waals surface area (Å²) in [4.78, 5) is 15.9. The van der Waals surface area contributed by atoms with Crippen molar-refractivity contribution in [1.29, 1.82) is 0 Å². The lowest BCUT2D eigenvalue weighted by Gasteiger charge is -2.08. The fraction of sp³-hybridized carbons (Fsp3) is 0.0714. The van der Waals surface area contributed by atoms with E-state index in [2.05, 4.69) is 10.1 Å². The summed E-state index contributed by atoms with van der Waals surface area (Å²) in [5.74, 6) is -0.810. The van der Waals surface area contributed by atoms with Gasteiger partial charge in [0, 0.05) is 23.5 Å². The molecule has 0 aliphatic rings. The monoisotopic (exact) mass is 294 g/mol. The van der Waals surface area contributed by atoms with Crippen LogP contribution < -0.4 is 0 Å². The van der Waals surface area contributed by atoms with Crippen LogP contribution in [0.3, 0.4) is 0 Å². The van der Waals surface area contributed by atoms with Gasteiger partial charge in [0.1, 0.15) is 0 Å². The van der Waals surface area contributed by atoms with Crippen LogP contribution in [0.25, 0.3) is 0 Å². The van der Waals surface area contributed by atoms with E-state index in [0.717, 1.165) is 12.1 Å². The van der Waals surface area contributed by atoms with Crippen molar-refractivity contribution in [2.45, 2.75) is 6.18 Å². The van der Waals surface area contributed by atoms with E-state index in [-0.39, 0.29) is 16.8 Å². The Morgan fingerprint density at radius 2 is 1.76 bits per heavy atom. The molecule has 108 valence electrons. The van der Waals surface area contributed by atoms with Gasteiger partial charge in [-0.25, -0.2) is 0 Å². The summed E-state index contributed by atoms with van der Waals surface area (Å²) >= 11 is 0. The maximum atomic E-state index is 12.6. The van der Waals surface area contributed by atoms with Gasteiger partial charge in [-0.1, -0.05) is 17.3 Å². The van der Waals surface area contributed by atoms with Crippen molar-refractivity contribution >= 4 is 11.5 Å². The summed E-state index contributed by atoms with van der Waals surface area (Å²) < 4.78 is 37.9. The number of hydrogen-bond acceptors (Lipinski definition) is 4. The standard InChI is InChI=1S/C14H9F3N2O2/c15-14(16,17)11-3-1-2-10(8-11)13(20)12(19-21)9-4-6-18-7-5-9/h1-8,21H/b19-12+. The van der Waals surface area contributed by atoms with Gasteiger partial charge >= 0.3 is 6.18 Å². The quantitative estimate of drug-likeness (QED) is 0.409. The Morgan fingerprint density at radius 1 is 1.10 bits per heavy atom. The first-order valence-electron chi connectivity index (χ1n) is 5.78. The van der Waals surface area contributed by atoms with Crippen LogP contribution in [0.15, 0.2) is 53.9 Å². The molecule has 21 heavy (non-hydrogen) atoms. The Bertz CT molecular complexity index is 682. The van der Waals surface area contributed by atoms with E-state index >= 15 is 0 Å². The molecule has 0 unspecified atom stereocenters. The number of hydrogen-bond donors (Lipinski definition) is 1. The Morgan fingerprint density at radius 3 is 2.33 bits per heavy atom. The number of carbonyl (C=O) groups is 1. The Labute approximate surface area is 117 Å². The molecule has 0 amide bonds. The summed E-state index contributed by atoms with van der Waals surface area (Å²) in [5.41, 5.74) is -1.25. The molecule has 1 aromatic heterocycles. The van der Waals surface area contributed by atoms with Crippen LogP contribution in [-0.2, 0) is 6.18 Å². The third-order valence-corrected chi connectivity index (χ3v) is 2.72. The van der Waals surface area contributed by atoms with Crippen LogP contribution in [0.2, 0.25) is 0 Å². The van der Waals surface area contributed by atoms with Gasteiger partial charge in [-0.15, -0.1) is 0 Å². The number of nitrogens with zero attached hydrogens (tertiary/aromatic N) is 2. The minimum Gasteiger partial charge on any atom is -0.410 e. The van der Waals surface area contributed by atoms with Crippen molar-refractivity contribution in [3.8, 4) is 0 Å². The van der Waals surface area contributed by atoms with Crippen LogP contribution in [0.1, 0.15) is 21.5 Å². The molecule has 1 heterocycles. The summed E-state index contributed by atoms with van der Waals surface area (Å²) in [6, 6.07) is 6.76. The highest BCUT2D eigenvalue weighted by Gasteiger charge is 2.31. The number of carbonyl (C=O) groups excluding carboxylic acids is 1. The van der Waals surface area contributed by atoms with Gasteiger partial charge in [-0.05, 0) is 24.3 Å². The van der Waals surface area contributed by atoms with Crippen molar-refractivity contribution in [1.82, 2.24) is 4.98 Å². The molecule has 1 N–H and O–H groups in total. The van der Waals surface area contributed by atoms with Gasteiger partial charge < -0.3 is 5.21 Å². The van der Waals surface area contributed by atoms with Crippen molar-refractivity contribution < 1.29 is 23.2 Å². The molecule has 1 aromatic carbocycles. The second-order valence-electron chi connectivity index (χ2n) is 4.09. The van der Waals surface area contributed by atoms with Gasteiger partial charge in [0.25, 0.3) is 0 Å². The molecule has 4 nitrogen and oxygen atoms in total. The normalized spacial score (nSPS) is 12.2. The summed E-state index contributed by atoms with van der Waals surface area (Å²) in [5, 5.41) is 11.8. The first-order valence-corrected chi connectivity index (χ1v) is 5.78. The summed E-state index contributed by atoms with van der Waals surface area (Å²) in [6.07, 6.45) is -1.80. The number of rotatable bonds is 3. The van der Waals surface area contributed by atoms with Crippen molar-refractivity contribution in [3.63, 3.8) is 0 Å². The predicted molar refractivity (Wildman–Crippen MR) is 68.3 cm³/mol. The van der Waals surface area contributed by atoms with Crippen LogP contribution in [0.5, 0.6) is 0 Å². The molecule has 2 rings (SSSR count). The molecular formula is C14H9F3N2O2. The average Bonchev–Trinajstić information content (AvgIpc) is 2.48. The van der Waals surface area contributed by atoms with Crippen LogP contribution in [0.4, 0.5) is 13.2 Å². The zero-order chi connectivity index (χ0) is 15.5. The number of aromatic nitrogens is 1. The fourth-order valence-corrected chi connectivity index (χ4v) is 1.72. The predicted octanol–water partition coefficient (Wildman–Crippen LogP) is 3.16. The van der Waals surface area contributed by atoms with E-state index in [1.54, 1.807) is 0 Å². The highest BCUT2D eigenvalue weighted by molar-refractivity contribution is 6.51. The zero-order valence-corrected chi connectivity index (χ0v) is 10.5. The van der Waals surface area contributed by atoms with E-state index < -0.39 is 17.5 Å². The maximum Gasteiger partial charge on any atom is 0.416 e. The summed E-state index contributed by atoms with van der Waals surface area (Å²) in [7, 11) is 0. The molecule has 2 aromatic rings. The average molecular weight is 294 g/mol. The minimum atomic E-state index is -4.55. The Balaban J connectivity index is 2.40. The fourth-order valence-electron chi connectivity index (χ4n) is 1.72. The van der Waals surface area contributed by atoms with Crippen LogP contribution in [-0.4, -0.2) is 21.7 Å². The summed E-state index contributed by atoms with van der Waals surface area (Å²) in [6.45, 7) is 0. The van der Waals surface area contributed by atoms with Crippen LogP contribution >= 0.6 is 0 Å². The van der Waals surface area contributed by atoms with Gasteiger partial charge in [-0.2, -0.15) is 13.2 Å². The molecule has 0 radical (unpaired) electrons. The topological polar surface area (TPSA) is 62.5 Å². The number of halogens is 3. The number of pyridine rings is 1.